The van der Waals surface area contributed by atoms with E-state index in [-0.39, 0.29) is 18.5 Å². The summed E-state index contributed by atoms with van der Waals surface area (Å²) >= 11 is 13.3. The van der Waals surface area contributed by atoms with Gasteiger partial charge in [0.1, 0.15) is 11.0 Å². The highest BCUT2D eigenvalue weighted by Crippen LogP contribution is 2.24. The lowest BCUT2D eigenvalue weighted by Gasteiger charge is -2.13. The highest BCUT2D eigenvalue weighted by molar-refractivity contribution is 7.14. The molecule has 8 heteroatoms. The third-order valence-corrected chi connectivity index (χ3v) is 4.69. The first-order chi connectivity index (χ1) is 10.9. The van der Waals surface area contributed by atoms with Crippen molar-refractivity contribution in [3.05, 3.63) is 50.8 Å². The molecule has 1 aromatic carbocycles. The molecule has 5 nitrogen and oxygen atoms in total. The van der Waals surface area contributed by atoms with E-state index >= 15 is 0 Å². The second-order valence-corrected chi connectivity index (χ2v) is 6.73. The second kappa shape index (κ2) is 7.79. The van der Waals surface area contributed by atoms with Gasteiger partial charge in [-0.1, -0.05) is 29.3 Å². The normalized spacial score (nSPS) is 12.0. The zero-order valence-corrected chi connectivity index (χ0v) is 14.6. The fraction of sp³-hybridized carbons (Fsp3) is 0.200. The fourth-order valence-corrected chi connectivity index (χ4v) is 3.45. The Kier molecular flexibility index (Phi) is 6.01. The lowest BCUT2D eigenvalue weighted by Crippen LogP contribution is -2.86. The number of carbonyl (C=O) groups is 2. The van der Waals surface area contributed by atoms with E-state index in [9.17, 15) is 9.59 Å². The van der Waals surface area contributed by atoms with E-state index < -0.39 is 5.91 Å². The first-order valence-corrected chi connectivity index (χ1v) is 8.47. The van der Waals surface area contributed by atoms with E-state index in [1.165, 1.54) is 11.3 Å². The molecule has 0 aliphatic carbocycles. The van der Waals surface area contributed by atoms with Gasteiger partial charge in [0.2, 0.25) is 0 Å². The highest BCUT2D eigenvalue weighted by atomic mass is 35.5. The molecule has 0 aliphatic heterocycles. The van der Waals surface area contributed by atoms with E-state index in [4.69, 9.17) is 28.9 Å². The molecule has 2 amide bonds. The molecule has 0 radical (unpaired) electrons. The zero-order chi connectivity index (χ0) is 17.0. The van der Waals surface area contributed by atoms with Gasteiger partial charge in [-0.05, 0) is 30.5 Å². The van der Waals surface area contributed by atoms with Crippen LogP contribution in [0.1, 0.15) is 28.9 Å². The third-order valence-electron chi connectivity index (χ3n) is 3.29. The average Bonchev–Trinajstić information content (AvgIpc) is 2.93. The van der Waals surface area contributed by atoms with Gasteiger partial charge in [-0.25, -0.2) is 0 Å². The third kappa shape index (κ3) is 4.68. The maximum absolute atomic E-state index is 12.0. The summed E-state index contributed by atoms with van der Waals surface area (Å²) in [7, 11) is 0. The lowest BCUT2D eigenvalue weighted by molar-refractivity contribution is -0.682. The molecule has 0 spiro atoms. The maximum Gasteiger partial charge on any atom is 0.280 e. The van der Waals surface area contributed by atoms with Crippen LogP contribution < -0.4 is 16.4 Å². The smallest absolute Gasteiger partial charge is 0.280 e. The van der Waals surface area contributed by atoms with Crippen molar-refractivity contribution in [3.8, 4) is 0 Å². The molecular formula is C15H16Cl2N3O2S+. The molecular weight excluding hydrogens is 357 g/mol. The molecule has 0 aliphatic rings. The minimum Gasteiger partial charge on any atom is -0.366 e. The van der Waals surface area contributed by atoms with Crippen LogP contribution in [0.3, 0.4) is 0 Å². The van der Waals surface area contributed by atoms with Crippen LogP contribution >= 0.6 is 34.5 Å². The van der Waals surface area contributed by atoms with Crippen LogP contribution in [0.2, 0.25) is 10.0 Å². The Morgan fingerprint density at radius 2 is 2.09 bits per heavy atom. The summed E-state index contributed by atoms with van der Waals surface area (Å²) in [6.07, 6.45) is 0. The summed E-state index contributed by atoms with van der Waals surface area (Å²) < 4.78 is 0. The number of primary amides is 1. The molecule has 1 atom stereocenters. The topological polar surface area (TPSA) is 88.8 Å². The molecule has 1 aromatic heterocycles. The van der Waals surface area contributed by atoms with Crippen LogP contribution in [0.25, 0.3) is 0 Å². The molecule has 0 saturated carbocycles. The average molecular weight is 373 g/mol. The first kappa shape index (κ1) is 17.7. The van der Waals surface area contributed by atoms with Gasteiger partial charge in [0, 0.05) is 10.6 Å². The van der Waals surface area contributed by atoms with Crippen molar-refractivity contribution in [2.75, 3.05) is 11.9 Å². The van der Waals surface area contributed by atoms with E-state index in [0.717, 1.165) is 5.56 Å². The molecule has 5 N–H and O–H groups in total. The van der Waals surface area contributed by atoms with Crippen molar-refractivity contribution in [3.63, 3.8) is 0 Å². The number of anilines is 1. The summed E-state index contributed by atoms with van der Waals surface area (Å²) in [6.45, 7) is 2.14. The van der Waals surface area contributed by atoms with E-state index in [1.807, 2.05) is 18.3 Å². The van der Waals surface area contributed by atoms with Crippen molar-refractivity contribution >= 4 is 51.4 Å². The predicted octanol–water partition coefficient (Wildman–Crippen LogP) is 2.42. The predicted molar refractivity (Wildman–Crippen MR) is 93.1 cm³/mol. The van der Waals surface area contributed by atoms with Crippen molar-refractivity contribution in [1.82, 2.24) is 0 Å². The van der Waals surface area contributed by atoms with Crippen LogP contribution in [0.4, 0.5) is 5.00 Å². The SMILES string of the molecule is C[C@H]([NH2+]CC(=O)Nc1sccc1C(N)=O)c1ccc(Cl)cc1Cl. The van der Waals surface area contributed by atoms with Crippen molar-refractivity contribution in [1.29, 1.82) is 0 Å². The Morgan fingerprint density at radius 1 is 1.35 bits per heavy atom. The van der Waals surface area contributed by atoms with Crippen molar-refractivity contribution in [2.24, 2.45) is 5.73 Å². The van der Waals surface area contributed by atoms with E-state index in [2.05, 4.69) is 5.32 Å². The summed E-state index contributed by atoms with van der Waals surface area (Å²) in [6, 6.07) is 6.85. The van der Waals surface area contributed by atoms with Gasteiger partial charge in [-0.15, -0.1) is 11.3 Å². The quantitative estimate of drug-likeness (QED) is 0.726. The van der Waals surface area contributed by atoms with Gasteiger partial charge < -0.3 is 16.4 Å². The first-order valence-electron chi connectivity index (χ1n) is 6.84. The Hall–Kier alpha value is -1.60. The van der Waals surface area contributed by atoms with E-state index in [0.29, 0.717) is 20.6 Å². The number of rotatable bonds is 6. The van der Waals surface area contributed by atoms with Crippen molar-refractivity contribution < 1.29 is 14.9 Å². The minimum atomic E-state index is -0.563. The standard InChI is InChI=1S/C15H15Cl2N3O2S/c1-8(10-3-2-9(16)6-12(10)17)19-7-13(21)20-15-11(14(18)22)4-5-23-15/h2-6,8,19H,7H2,1H3,(H2,18,22)(H,20,21)/p+1/t8-/m0/s1. The summed E-state index contributed by atoms with van der Waals surface area (Å²) in [5, 5.41) is 7.85. The number of halogens is 2. The van der Waals surface area contributed by atoms with Crippen LogP contribution in [-0.2, 0) is 4.79 Å². The molecule has 1 heterocycles. The second-order valence-electron chi connectivity index (χ2n) is 4.97. The van der Waals surface area contributed by atoms with Crippen LogP contribution in [0.5, 0.6) is 0 Å². The molecule has 0 unspecified atom stereocenters. The molecule has 0 saturated heterocycles. The summed E-state index contributed by atoms with van der Waals surface area (Å²) in [5.74, 6) is -0.779. The Balaban J connectivity index is 1.93. The largest absolute Gasteiger partial charge is 0.366 e. The molecule has 0 bridgehead atoms. The Bertz CT molecular complexity index is 733. The van der Waals surface area contributed by atoms with Gasteiger partial charge in [0.15, 0.2) is 6.54 Å². The van der Waals surface area contributed by atoms with Gasteiger partial charge in [0.05, 0.1) is 10.6 Å². The monoisotopic (exact) mass is 372 g/mol. The molecule has 2 rings (SSSR count). The zero-order valence-electron chi connectivity index (χ0n) is 12.3. The van der Waals surface area contributed by atoms with Crippen LogP contribution in [-0.4, -0.2) is 18.4 Å². The summed E-state index contributed by atoms with van der Waals surface area (Å²) in [5.41, 5.74) is 6.46. The van der Waals surface area contributed by atoms with Gasteiger partial charge >= 0.3 is 0 Å². The van der Waals surface area contributed by atoms with Gasteiger partial charge in [-0.2, -0.15) is 0 Å². The number of nitrogens with one attached hydrogen (secondary N) is 1. The number of hydrogen-bond donors (Lipinski definition) is 3. The maximum atomic E-state index is 12.0. The number of carbonyl (C=O) groups excluding carboxylic acids is 2. The molecule has 122 valence electrons. The Morgan fingerprint density at radius 3 is 2.74 bits per heavy atom. The number of benzene rings is 1. The molecule has 2 aromatic rings. The van der Waals surface area contributed by atoms with Gasteiger partial charge in [0.25, 0.3) is 11.8 Å². The van der Waals surface area contributed by atoms with Crippen molar-refractivity contribution in [2.45, 2.75) is 13.0 Å². The Labute approximate surface area is 147 Å². The van der Waals surface area contributed by atoms with Crippen LogP contribution in [0.15, 0.2) is 29.6 Å². The number of amides is 2. The summed E-state index contributed by atoms with van der Waals surface area (Å²) in [4.78, 5) is 23.2. The van der Waals surface area contributed by atoms with Crippen LogP contribution in [0, 0.1) is 0 Å². The number of thiophene rings is 1. The number of nitrogens with two attached hydrogens (primary N) is 2. The number of hydrogen-bond acceptors (Lipinski definition) is 3. The highest BCUT2D eigenvalue weighted by Gasteiger charge is 2.17. The lowest BCUT2D eigenvalue weighted by atomic mass is 10.1. The number of quaternary nitrogens is 1. The van der Waals surface area contributed by atoms with E-state index in [1.54, 1.807) is 23.6 Å². The molecule has 0 fully saturated rings. The minimum absolute atomic E-state index is 0.00976. The molecule has 23 heavy (non-hydrogen) atoms. The van der Waals surface area contributed by atoms with Gasteiger partial charge in [-0.3, -0.25) is 9.59 Å². The fourth-order valence-electron chi connectivity index (χ4n) is 2.06.